The van der Waals surface area contributed by atoms with E-state index in [1.54, 1.807) is 0 Å². The Morgan fingerprint density at radius 2 is 0.609 bits per heavy atom. The second-order valence-electron chi connectivity index (χ2n) is 6.37. The molecule has 0 bridgehead atoms. The van der Waals surface area contributed by atoms with Gasteiger partial charge < -0.3 is 14.2 Å². The van der Waals surface area contributed by atoms with Crippen molar-refractivity contribution in [3.8, 4) is 0 Å². The summed E-state index contributed by atoms with van der Waals surface area (Å²) in [6, 6.07) is 0. The van der Waals surface area contributed by atoms with Crippen LogP contribution >= 0.6 is 0 Å². The Kier molecular flexibility index (Phi) is 21.8. The molecule has 0 atom stereocenters. The molecule has 0 unspecified atom stereocenters. The fourth-order valence-electron chi connectivity index (χ4n) is 2.32. The number of hydrogen-bond acceptors (Lipinski definition) is 3. The van der Waals surface area contributed by atoms with Gasteiger partial charge in [0.25, 0.3) is 0 Å². The maximum atomic E-state index is 5.69. The summed E-state index contributed by atoms with van der Waals surface area (Å²) in [5.74, 6) is 0. The first-order valence-electron chi connectivity index (χ1n) is 10.1. The molecule has 0 N–H and O–H groups in total. The van der Waals surface area contributed by atoms with Gasteiger partial charge in [0, 0.05) is 39.6 Å². The largest absolute Gasteiger partial charge is 0.381 e. The molecule has 0 fully saturated rings. The lowest BCUT2D eigenvalue weighted by Crippen LogP contribution is -2.00. The van der Waals surface area contributed by atoms with E-state index in [0.29, 0.717) is 0 Å². The van der Waals surface area contributed by atoms with Crippen molar-refractivity contribution in [3.05, 3.63) is 0 Å². The third-order valence-corrected chi connectivity index (χ3v) is 3.94. The van der Waals surface area contributed by atoms with Crippen LogP contribution in [0.1, 0.15) is 90.9 Å². The lowest BCUT2D eigenvalue weighted by molar-refractivity contribution is 0.114. The van der Waals surface area contributed by atoms with Gasteiger partial charge in [0.15, 0.2) is 0 Å². The van der Waals surface area contributed by atoms with Crippen molar-refractivity contribution in [3.63, 3.8) is 0 Å². The van der Waals surface area contributed by atoms with E-state index >= 15 is 0 Å². The molecule has 0 rings (SSSR count). The Labute approximate surface area is 145 Å². The van der Waals surface area contributed by atoms with Gasteiger partial charge in [-0.05, 0) is 38.5 Å². The van der Waals surface area contributed by atoms with Gasteiger partial charge in [-0.3, -0.25) is 0 Å². The fourth-order valence-corrected chi connectivity index (χ4v) is 2.32. The summed E-state index contributed by atoms with van der Waals surface area (Å²) in [6.45, 7) is 9.99. The van der Waals surface area contributed by atoms with E-state index in [4.69, 9.17) is 14.2 Å². The zero-order valence-corrected chi connectivity index (χ0v) is 16.0. The first kappa shape index (κ1) is 22.9. The monoisotopic (exact) mass is 330 g/mol. The zero-order valence-electron chi connectivity index (χ0n) is 16.0. The molecule has 0 radical (unpaired) electrons. The second-order valence-corrected chi connectivity index (χ2v) is 6.37. The Balaban J connectivity index is 2.92. The predicted molar refractivity (Wildman–Crippen MR) is 99.2 cm³/mol. The summed E-state index contributed by atoms with van der Waals surface area (Å²) >= 11 is 0. The van der Waals surface area contributed by atoms with E-state index in [1.165, 1.54) is 77.0 Å². The van der Waals surface area contributed by atoms with Crippen molar-refractivity contribution in [1.82, 2.24) is 0 Å². The molecule has 3 heteroatoms. The van der Waals surface area contributed by atoms with Crippen LogP contribution in [-0.2, 0) is 14.2 Å². The third kappa shape index (κ3) is 21.9. The van der Waals surface area contributed by atoms with Crippen LogP contribution in [0.5, 0.6) is 0 Å². The van der Waals surface area contributed by atoms with E-state index in [9.17, 15) is 0 Å². The van der Waals surface area contributed by atoms with Crippen LogP contribution < -0.4 is 0 Å². The van der Waals surface area contributed by atoms with Crippen LogP contribution in [0.4, 0.5) is 0 Å². The van der Waals surface area contributed by atoms with Crippen LogP contribution in [-0.4, -0.2) is 39.6 Å². The average molecular weight is 331 g/mol. The number of rotatable bonds is 20. The van der Waals surface area contributed by atoms with Crippen molar-refractivity contribution < 1.29 is 14.2 Å². The molecule has 3 nitrogen and oxygen atoms in total. The van der Waals surface area contributed by atoms with Gasteiger partial charge in [0.2, 0.25) is 0 Å². The topological polar surface area (TPSA) is 27.7 Å². The Morgan fingerprint density at radius 1 is 0.348 bits per heavy atom. The maximum Gasteiger partial charge on any atom is 0.0466 e. The van der Waals surface area contributed by atoms with E-state index in [2.05, 4.69) is 13.8 Å². The molecule has 0 aromatic heterocycles. The van der Waals surface area contributed by atoms with E-state index in [0.717, 1.165) is 39.6 Å². The minimum atomic E-state index is 0.927. The van der Waals surface area contributed by atoms with Gasteiger partial charge in [-0.25, -0.2) is 0 Å². The molecule has 0 aliphatic heterocycles. The molecule has 0 aromatic carbocycles. The van der Waals surface area contributed by atoms with Crippen molar-refractivity contribution >= 4 is 0 Å². The minimum absolute atomic E-state index is 0.927. The van der Waals surface area contributed by atoms with Crippen LogP contribution in [0.25, 0.3) is 0 Å². The Bertz CT molecular complexity index is 177. The van der Waals surface area contributed by atoms with Gasteiger partial charge >= 0.3 is 0 Å². The van der Waals surface area contributed by atoms with Crippen LogP contribution in [0.15, 0.2) is 0 Å². The summed E-state index contributed by atoms with van der Waals surface area (Å²) in [4.78, 5) is 0. The first-order chi connectivity index (χ1) is 11.4. The van der Waals surface area contributed by atoms with Crippen LogP contribution in [0.3, 0.4) is 0 Å². The predicted octanol–water partition coefficient (Wildman–Crippen LogP) is 5.76. The van der Waals surface area contributed by atoms with Crippen molar-refractivity contribution in [2.24, 2.45) is 0 Å². The maximum absolute atomic E-state index is 5.69. The summed E-state index contributed by atoms with van der Waals surface area (Å²) in [5.41, 5.74) is 0. The number of unbranched alkanes of at least 4 members (excludes halogenated alkanes) is 8. The molecule has 0 saturated carbocycles. The van der Waals surface area contributed by atoms with Gasteiger partial charge in [0.1, 0.15) is 0 Å². The second kappa shape index (κ2) is 21.9. The van der Waals surface area contributed by atoms with Crippen molar-refractivity contribution in [2.75, 3.05) is 39.6 Å². The highest BCUT2D eigenvalue weighted by Gasteiger charge is 1.94. The number of ether oxygens (including phenoxy) is 3. The Morgan fingerprint density at radius 3 is 0.870 bits per heavy atom. The van der Waals surface area contributed by atoms with Gasteiger partial charge in [-0.2, -0.15) is 0 Å². The van der Waals surface area contributed by atoms with Crippen molar-refractivity contribution in [1.29, 1.82) is 0 Å². The smallest absolute Gasteiger partial charge is 0.0466 e. The SMILES string of the molecule is CCCCOCCCCCCOCCCCCCOCCCC. The summed E-state index contributed by atoms with van der Waals surface area (Å²) in [7, 11) is 0. The molecule has 0 amide bonds. The molecule has 23 heavy (non-hydrogen) atoms. The Hall–Kier alpha value is -0.120. The fraction of sp³-hybridized carbons (Fsp3) is 1.00. The summed E-state index contributed by atoms with van der Waals surface area (Å²) < 4.78 is 16.8. The molecule has 0 spiro atoms. The number of hydrogen-bond donors (Lipinski definition) is 0. The summed E-state index contributed by atoms with van der Waals surface area (Å²) in [5, 5.41) is 0. The molecule has 0 heterocycles. The average Bonchev–Trinajstić information content (AvgIpc) is 2.57. The molecule has 0 aliphatic carbocycles. The van der Waals surface area contributed by atoms with Crippen LogP contribution in [0, 0.1) is 0 Å². The molecular weight excluding hydrogens is 288 g/mol. The highest BCUT2D eigenvalue weighted by molar-refractivity contribution is 4.45. The highest BCUT2D eigenvalue weighted by atomic mass is 16.5. The molecule has 0 aliphatic rings. The minimum Gasteiger partial charge on any atom is -0.381 e. The quantitative estimate of drug-likeness (QED) is 0.266. The van der Waals surface area contributed by atoms with E-state index in [-0.39, 0.29) is 0 Å². The highest BCUT2D eigenvalue weighted by Crippen LogP contribution is 2.04. The van der Waals surface area contributed by atoms with Crippen LogP contribution in [0.2, 0.25) is 0 Å². The summed E-state index contributed by atoms with van der Waals surface area (Å²) in [6.07, 6.45) is 14.7. The van der Waals surface area contributed by atoms with Gasteiger partial charge in [0.05, 0.1) is 0 Å². The van der Waals surface area contributed by atoms with E-state index in [1.807, 2.05) is 0 Å². The normalized spacial score (nSPS) is 11.2. The zero-order chi connectivity index (χ0) is 16.8. The van der Waals surface area contributed by atoms with Gasteiger partial charge in [-0.15, -0.1) is 0 Å². The molecule has 0 saturated heterocycles. The van der Waals surface area contributed by atoms with E-state index < -0.39 is 0 Å². The van der Waals surface area contributed by atoms with Crippen molar-refractivity contribution in [2.45, 2.75) is 90.9 Å². The lowest BCUT2D eigenvalue weighted by Gasteiger charge is -2.06. The molecule has 140 valence electrons. The van der Waals surface area contributed by atoms with Gasteiger partial charge in [-0.1, -0.05) is 52.4 Å². The third-order valence-electron chi connectivity index (χ3n) is 3.94. The molecule has 0 aromatic rings. The standard InChI is InChI=1S/C20H42O3/c1-3-5-15-21-17-11-7-9-13-19-23-20-14-10-8-12-18-22-16-6-4-2/h3-20H2,1-2H3. The lowest BCUT2D eigenvalue weighted by atomic mass is 10.2. The first-order valence-corrected chi connectivity index (χ1v) is 10.1. The molecular formula is C20H42O3.